The lowest BCUT2D eigenvalue weighted by atomic mass is 9.97. The fourth-order valence-electron chi connectivity index (χ4n) is 2.21. The zero-order chi connectivity index (χ0) is 12.7. The molecular weight excluding hydrogens is 269 g/mol. The van der Waals surface area contributed by atoms with E-state index in [1.54, 1.807) is 0 Å². The van der Waals surface area contributed by atoms with E-state index < -0.39 is 12.7 Å². The second-order valence-corrected chi connectivity index (χ2v) is 4.62. The maximum atomic E-state index is 12.4. The van der Waals surface area contributed by atoms with Crippen molar-refractivity contribution in [1.82, 2.24) is 10.2 Å². The molecule has 1 aliphatic rings. The molecule has 1 heterocycles. The molecule has 1 rings (SSSR count). The van der Waals surface area contributed by atoms with E-state index >= 15 is 0 Å². The molecule has 7 heteroatoms. The number of aliphatic hydroxyl groups excluding tert-OH is 1. The van der Waals surface area contributed by atoms with Gasteiger partial charge >= 0.3 is 6.18 Å². The van der Waals surface area contributed by atoms with Crippen molar-refractivity contribution in [2.75, 3.05) is 39.3 Å². The van der Waals surface area contributed by atoms with Crippen molar-refractivity contribution in [3.8, 4) is 0 Å². The number of piperidine rings is 1. The van der Waals surface area contributed by atoms with Gasteiger partial charge in [-0.15, -0.1) is 12.4 Å². The van der Waals surface area contributed by atoms with E-state index in [1.807, 2.05) is 0 Å². The third-order valence-corrected chi connectivity index (χ3v) is 3.01. The predicted molar refractivity (Wildman–Crippen MR) is 67.0 cm³/mol. The largest absolute Gasteiger partial charge is 0.401 e. The van der Waals surface area contributed by atoms with Crippen molar-refractivity contribution in [3.05, 3.63) is 0 Å². The van der Waals surface area contributed by atoms with Crippen molar-refractivity contribution in [2.45, 2.75) is 25.4 Å². The van der Waals surface area contributed by atoms with E-state index in [1.165, 1.54) is 4.90 Å². The van der Waals surface area contributed by atoms with Gasteiger partial charge in [-0.05, 0) is 38.3 Å². The van der Waals surface area contributed by atoms with Crippen LogP contribution in [0, 0.1) is 5.92 Å². The molecule has 1 aliphatic heterocycles. The molecule has 2 N–H and O–H groups in total. The van der Waals surface area contributed by atoms with Gasteiger partial charge in [-0.25, -0.2) is 0 Å². The number of hydrogen-bond acceptors (Lipinski definition) is 3. The van der Waals surface area contributed by atoms with Gasteiger partial charge in [0.25, 0.3) is 0 Å². The third-order valence-electron chi connectivity index (χ3n) is 3.01. The Kier molecular flexibility index (Phi) is 8.94. The molecule has 0 aromatic rings. The Balaban J connectivity index is 0.00000289. The average molecular weight is 291 g/mol. The topological polar surface area (TPSA) is 35.5 Å². The summed E-state index contributed by atoms with van der Waals surface area (Å²) in [5, 5.41) is 11.9. The van der Waals surface area contributed by atoms with Crippen molar-refractivity contribution in [3.63, 3.8) is 0 Å². The number of halogens is 4. The Morgan fingerprint density at radius 2 is 1.83 bits per heavy atom. The second kappa shape index (κ2) is 8.96. The van der Waals surface area contributed by atoms with Gasteiger partial charge < -0.3 is 10.4 Å². The molecule has 18 heavy (non-hydrogen) atoms. The number of alkyl halides is 3. The van der Waals surface area contributed by atoms with Gasteiger partial charge in [-0.1, -0.05) is 0 Å². The lowest BCUT2D eigenvalue weighted by Crippen LogP contribution is -2.41. The van der Waals surface area contributed by atoms with Crippen molar-refractivity contribution in [1.29, 1.82) is 0 Å². The summed E-state index contributed by atoms with van der Waals surface area (Å²) in [5.74, 6) is 0.345. The molecular formula is C11H22ClF3N2O. The highest BCUT2D eigenvalue weighted by molar-refractivity contribution is 5.85. The van der Waals surface area contributed by atoms with E-state index in [9.17, 15) is 13.2 Å². The number of nitrogens with one attached hydrogen (secondary N) is 1. The Bertz CT molecular complexity index is 211. The highest BCUT2D eigenvalue weighted by Gasteiger charge is 2.31. The molecule has 0 atom stereocenters. The van der Waals surface area contributed by atoms with E-state index in [0.29, 0.717) is 25.4 Å². The van der Waals surface area contributed by atoms with E-state index in [2.05, 4.69) is 5.32 Å². The SMILES string of the molecule is Cl.OCCCN(CC1CCNCC1)CC(F)(F)F. The molecule has 1 saturated heterocycles. The first-order valence-electron chi connectivity index (χ1n) is 6.12. The number of rotatable bonds is 6. The molecule has 0 aromatic carbocycles. The molecule has 0 radical (unpaired) electrons. The third kappa shape index (κ3) is 8.13. The first-order valence-corrected chi connectivity index (χ1v) is 6.12. The van der Waals surface area contributed by atoms with Crippen LogP contribution >= 0.6 is 12.4 Å². The van der Waals surface area contributed by atoms with Crippen LogP contribution in [0.5, 0.6) is 0 Å². The van der Waals surface area contributed by atoms with Crippen LogP contribution in [0.1, 0.15) is 19.3 Å². The molecule has 0 spiro atoms. The summed E-state index contributed by atoms with van der Waals surface area (Å²) in [7, 11) is 0. The van der Waals surface area contributed by atoms with Gasteiger partial charge in [0.2, 0.25) is 0 Å². The van der Waals surface area contributed by atoms with Crippen LogP contribution in [-0.4, -0.2) is 55.5 Å². The van der Waals surface area contributed by atoms with Crippen LogP contribution in [0.25, 0.3) is 0 Å². The highest BCUT2D eigenvalue weighted by Crippen LogP contribution is 2.20. The molecule has 0 amide bonds. The van der Waals surface area contributed by atoms with E-state index in [4.69, 9.17) is 5.11 Å². The Morgan fingerprint density at radius 3 is 2.33 bits per heavy atom. The monoisotopic (exact) mass is 290 g/mol. The summed E-state index contributed by atoms with van der Waals surface area (Å²) in [5.41, 5.74) is 0. The fraction of sp³-hybridized carbons (Fsp3) is 1.00. The number of hydrogen-bond donors (Lipinski definition) is 2. The Morgan fingerprint density at radius 1 is 1.22 bits per heavy atom. The van der Waals surface area contributed by atoms with E-state index in [-0.39, 0.29) is 19.0 Å². The van der Waals surface area contributed by atoms with Crippen molar-refractivity contribution in [2.24, 2.45) is 5.92 Å². The lowest BCUT2D eigenvalue weighted by molar-refractivity contribution is -0.147. The summed E-state index contributed by atoms with van der Waals surface area (Å²) < 4.78 is 37.1. The van der Waals surface area contributed by atoms with Crippen molar-refractivity contribution < 1.29 is 18.3 Å². The normalized spacial score (nSPS) is 17.8. The second-order valence-electron chi connectivity index (χ2n) is 4.62. The minimum Gasteiger partial charge on any atom is -0.396 e. The first-order chi connectivity index (χ1) is 8.01. The fourth-order valence-corrected chi connectivity index (χ4v) is 2.21. The summed E-state index contributed by atoms with van der Waals surface area (Å²) in [6.45, 7) is 1.67. The maximum absolute atomic E-state index is 12.4. The van der Waals surface area contributed by atoms with Crippen LogP contribution in [0.15, 0.2) is 0 Å². The molecule has 0 bridgehead atoms. The lowest BCUT2D eigenvalue weighted by Gasteiger charge is -2.30. The quantitative estimate of drug-likeness (QED) is 0.781. The number of aliphatic hydroxyl groups is 1. The smallest absolute Gasteiger partial charge is 0.396 e. The Hall–Kier alpha value is -0.0400. The van der Waals surface area contributed by atoms with Gasteiger partial charge in [0.15, 0.2) is 0 Å². The summed E-state index contributed by atoms with van der Waals surface area (Å²) in [6.07, 6.45) is -1.87. The van der Waals surface area contributed by atoms with Crippen molar-refractivity contribution >= 4 is 12.4 Å². The van der Waals surface area contributed by atoms with Crippen LogP contribution in [0.2, 0.25) is 0 Å². The average Bonchev–Trinajstić information content (AvgIpc) is 2.25. The summed E-state index contributed by atoms with van der Waals surface area (Å²) in [4.78, 5) is 1.42. The molecule has 1 fully saturated rings. The molecule has 0 unspecified atom stereocenters. The van der Waals surface area contributed by atoms with Gasteiger partial charge in [-0.3, -0.25) is 4.90 Å². The molecule has 0 aromatic heterocycles. The van der Waals surface area contributed by atoms with Gasteiger partial charge in [0.1, 0.15) is 0 Å². The molecule has 110 valence electrons. The maximum Gasteiger partial charge on any atom is 0.401 e. The minimum atomic E-state index is -4.15. The first kappa shape index (κ1) is 18.0. The molecule has 0 saturated carbocycles. The van der Waals surface area contributed by atoms with Crippen LogP contribution in [0.4, 0.5) is 13.2 Å². The summed E-state index contributed by atoms with van der Waals surface area (Å²) in [6, 6.07) is 0. The molecule has 0 aliphatic carbocycles. The highest BCUT2D eigenvalue weighted by atomic mass is 35.5. The number of nitrogens with zero attached hydrogens (tertiary/aromatic N) is 1. The van der Waals surface area contributed by atoms with E-state index in [0.717, 1.165) is 25.9 Å². The zero-order valence-electron chi connectivity index (χ0n) is 10.4. The standard InChI is InChI=1S/C11H21F3N2O.ClH/c12-11(13,14)9-16(6-1-7-17)8-10-2-4-15-5-3-10;/h10,15,17H,1-9H2;1H. The van der Waals surface area contributed by atoms with Crippen LogP contribution in [-0.2, 0) is 0 Å². The zero-order valence-corrected chi connectivity index (χ0v) is 11.2. The van der Waals surface area contributed by atoms with Crippen LogP contribution < -0.4 is 5.32 Å². The van der Waals surface area contributed by atoms with Crippen LogP contribution in [0.3, 0.4) is 0 Å². The van der Waals surface area contributed by atoms with Gasteiger partial charge in [-0.2, -0.15) is 13.2 Å². The Labute approximate surface area is 112 Å². The molecule has 3 nitrogen and oxygen atoms in total. The summed E-state index contributed by atoms with van der Waals surface area (Å²) >= 11 is 0. The van der Waals surface area contributed by atoms with Gasteiger partial charge in [0.05, 0.1) is 6.54 Å². The predicted octanol–water partition coefficient (Wildman–Crippen LogP) is 1.65. The van der Waals surface area contributed by atoms with Gasteiger partial charge in [0, 0.05) is 19.7 Å². The minimum absolute atomic E-state index is 0.